The molecule has 0 saturated heterocycles. The number of pyridine rings is 2. The first-order valence-electron chi connectivity index (χ1n) is 8.87. The highest BCUT2D eigenvalue weighted by Gasteiger charge is 2.39. The molecule has 4 rings (SSSR count). The first-order valence-corrected chi connectivity index (χ1v) is 8.87. The van der Waals surface area contributed by atoms with Crippen LogP contribution < -0.4 is 4.57 Å². The molecule has 0 amide bonds. The minimum absolute atomic E-state index is 0.00276. The van der Waals surface area contributed by atoms with Crippen LogP contribution in [0.3, 0.4) is 0 Å². The molecule has 0 fully saturated rings. The lowest BCUT2D eigenvalue weighted by atomic mass is 9.90. The minimum Gasteiger partial charge on any atom is -0.462 e. The smallest absolute Gasteiger partial charge is 0.342 e. The zero-order chi connectivity index (χ0) is 19.7. The topological polar surface area (TPSA) is 90.3 Å². The van der Waals surface area contributed by atoms with E-state index in [1.54, 1.807) is 6.07 Å². The second kappa shape index (κ2) is 7.19. The van der Waals surface area contributed by atoms with Crippen molar-refractivity contribution in [1.82, 2.24) is 4.98 Å². The first kappa shape index (κ1) is 17.8. The zero-order valence-corrected chi connectivity index (χ0v) is 15.2. The van der Waals surface area contributed by atoms with E-state index in [1.807, 2.05) is 35.2 Å². The molecule has 1 aliphatic rings. The Morgan fingerprint density at radius 3 is 2.71 bits per heavy atom. The van der Waals surface area contributed by atoms with E-state index in [2.05, 4.69) is 4.98 Å². The highest BCUT2D eigenvalue weighted by atomic mass is 16.5. The second-order valence-corrected chi connectivity index (χ2v) is 6.40. The normalized spacial score (nSPS) is 12.5. The number of rotatable bonds is 5. The van der Waals surface area contributed by atoms with Crippen molar-refractivity contribution in [1.29, 1.82) is 0 Å². The lowest BCUT2D eigenvalue weighted by Gasteiger charge is -2.12. The number of aryl methyl sites for hydroxylation is 2. The van der Waals surface area contributed by atoms with Crippen LogP contribution in [0.5, 0.6) is 0 Å². The molecule has 7 heteroatoms. The summed E-state index contributed by atoms with van der Waals surface area (Å²) in [6.07, 6.45) is 5.89. The molecule has 0 atom stereocenters. The van der Waals surface area contributed by atoms with Gasteiger partial charge >= 0.3 is 5.97 Å². The van der Waals surface area contributed by atoms with Gasteiger partial charge < -0.3 is 9.15 Å². The Bertz CT molecular complexity index is 1090. The Labute approximate surface area is 160 Å². The van der Waals surface area contributed by atoms with Crippen LogP contribution in [0.2, 0.25) is 0 Å². The Kier molecular flexibility index (Phi) is 4.57. The van der Waals surface area contributed by atoms with Gasteiger partial charge in [-0.2, -0.15) is 0 Å². The average molecular weight is 377 g/mol. The molecule has 3 aromatic rings. The summed E-state index contributed by atoms with van der Waals surface area (Å²) in [5, 5.41) is 0. The Hall–Kier alpha value is -3.61. The van der Waals surface area contributed by atoms with Gasteiger partial charge in [-0.25, -0.2) is 9.36 Å². The standard InChI is InChI=1S/C21H17N2O5/c1-13-15(21(26)27-12-6-11-23-9-3-2-4-10-23)16-19(25)17-14(7-5-8-22-17)18(24)20(16)28-13/h2-5,7-10H,6,11-12H2,1H3/q+1. The first-order chi connectivity index (χ1) is 13.6. The highest BCUT2D eigenvalue weighted by Crippen LogP contribution is 2.32. The molecule has 0 aromatic carbocycles. The van der Waals surface area contributed by atoms with E-state index in [9.17, 15) is 14.4 Å². The van der Waals surface area contributed by atoms with Crippen LogP contribution in [0.15, 0.2) is 53.3 Å². The lowest BCUT2D eigenvalue weighted by molar-refractivity contribution is -0.697. The van der Waals surface area contributed by atoms with Gasteiger partial charge in [-0.05, 0) is 19.1 Å². The molecule has 1 aliphatic carbocycles. The van der Waals surface area contributed by atoms with Gasteiger partial charge in [0.2, 0.25) is 11.6 Å². The molecule has 0 radical (unpaired) electrons. The minimum atomic E-state index is -0.680. The number of aromatic nitrogens is 2. The van der Waals surface area contributed by atoms with Gasteiger partial charge in [0.1, 0.15) is 17.0 Å². The summed E-state index contributed by atoms with van der Waals surface area (Å²) < 4.78 is 12.8. The van der Waals surface area contributed by atoms with Gasteiger partial charge in [0, 0.05) is 24.8 Å². The number of hydrogen-bond acceptors (Lipinski definition) is 6. The third kappa shape index (κ3) is 3.00. The van der Waals surface area contributed by atoms with Crippen molar-refractivity contribution in [2.24, 2.45) is 0 Å². The number of esters is 1. The maximum absolute atomic E-state index is 12.8. The van der Waals surface area contributed by atoms with E-state index in [0.29, 0.717) is 13.0 Å². The lowest BCUT2D eigenvalue weighted by Crippen LogP contribution is -2.33. The summed E-state index contributed by atoms with van der Waals surface area (Å²) in [5.41, 5.74) is 0.136. The van der Waals surface area contributed by atoms with Crippen molar-refractivity contribution in [3.63, 3.8) is 0 Å². The Morgan fingerprint density at radius 1 is 1.14 bits per heavy atom. The number of carbonyl (C=O) groups excluding carboxylic acids is 3. The van der Waals surface area contributed by atoms with Crippen LogP contribution in [-0.4, -0.2) is 29.1 Å². The number of hydrogen-bond donors (Lipinski definition) is 0. The second-order valence-electron chi connectivity index (χ2n) is 6.40. The van der Waals surface area contributed by atoms with Crippen molar-refractivity contribution < 1.29 is 28.1 Å². The number of carbonyl (C=O) groups is 3. The van der Waals surface area contributed by atoms with Crippen molar-refractivity contribution in [2.75, 3.05) is 6.61 Å². The largest absolute Gasteiger partial charge is 0.462 e. The summed E-state index contributed by atoms with van der Waals surface area (Å²) in [4.78, 5) is 42.0. The van der Waals surface area contributed by atoms with Gasteiger partial charge in [0.25, 0.3) is 0 Å². The molecule has 0 spiro atoms. The molecule has 140 valence electrons. The fraction of sp³-hybridized carbons (Fsp3) is 0.190. The molecule has 3 aromatic heterocycles. The number of ketones is 2. The molecule has 0 aliphatic heterocycles. The summed E-state index contributed by atoms with van der Waals surface area (Å²) in [6, 6.07) is 8.85. The van der Waals surface area contributed by atoms with E-state index >= 15 is 0 Å². The number of furan rings is 1. The van der Waals surface area contributed by atoms with Gasteiger partial charge in [-0.1, -0.05) is 6.07 Å². The predicted octanol–water partition coefficient (Wildman–Crippen LogP) is 2.29. The molecule has 7 nitrogen and oxygen atoms in total. The van der Waals surface area contributed by atoms with Crippen molar-refractivity contribution in [2.45, 2.75) is 19.9 Å². The summed E-state index contributed by atoms with van der Waals surface area (Å²) in [7, 11) is 0. The third-order valence-electron chi connectivity index (χ3n) is 4.56. The number of nitrogens with zero attached hydrogens (tertiary/aromatic N) is 2. The summed E-state index contributed by atoms with van der Waals surface area (Å²) in [5.74, 6) is -1.59. The van der Waals surface area contributed by atoms with E-state index in [-0.39, 0.29) is 40.5 Å². The van der Waals surface area contributed by atoms with Gasteiger partial charge in [0.15, 0.2) is 24.7 Å². The Balaban J connectivity index is 1.53. The third-order valence-corrected chi connectivity index (χ3v) is 4.56. The highest BCUT2D eigenvalue weighted by molar-refractivity contribution is 6.29. The van der Waals surface area contributed by atoms with Crippen LogP contribution in [-0.2, 0) is 11.3 Å². The summed E-state index contributed by atoms with van der Waals surface area (Å²) >= 11 is 0. The van der Waals surface area contributed by atoms with Crippen molar-refractivity contribution in [3.8, 4) is 0 Å². The quantitative estimate of drug-likeness (QED) is 0.301. The number of fused-ring (bicyclic) bond motifs is 2. The Morgan fingerprint density at radius 2 is 1.93 bits per heavy atom. The molecule has 0 bridgehead atoms. The molecule has 0 N–H and O–H groups in total. The van der Waals surface area contributed by atoms with Gasteiger partial charge in [0.05, 0.1) is 17.7 Å². The van der Waals surface area contributed by atoms with E-state index < -0.39 is 17.5 Å². The van der Waals surface area contributed by atoms with E-state index in [1.165, 1.54) is 19.2 Å². The monoisotopic (exact) mass is 377 g/mol. The maximum Gasteiger partial charge on any atom is 0.342 e. The average Bonchev–Trinajstić information content (AvgIpc) is 3.07. The molecular formula is C21H17N2O5+. The molecule has 0 unspecified atom stereocenters. The van der Waals surface area contributed by atoms with Crippen LogP contribution in [0, 0.1) is 6.92 Å². The van der Waals surface area contributed by atoms with Gasteiger partial charge in [-0.3, -0.25) is 14.6 Å². The van der Waals surface area contributed by atoms with Crippen LogP contribution in [0.4, 0.5) is 0 Å². The van der Waals surface area contributed by atoms with Gasteiger partial charge in [-0.15, -0.1) is 0 Å². The van der Waals surface area contributed by atoms with Crippen LogP contribution in [0.25, 0.3) is 0 Å². The zero-order valence-electron chi connectivity index (χ0n) is 15.2. The molecule has 0 saturated carbocycles. The molecule has 28 heavy (non-hydrogen) atoms. The SMILES string of the molecule is Cc1oc2c(c1C(=O)OCCC[n+]1ccccc1)C(=O)c1ncccc1C2=O. The molecular weight excluding hydrogens is 360 g/mol. The van der Waals surface area contributed by atoms with E-state index in [0.717, 1.165) is 0 Å². The summed E-state index contributed by atoms with van der Waals surface area (Å²) in [6.45, 7) is 2.40. The van der Waals surface area contributed by atoms with E-state index in [4.69, 9.17) is 9.15 Å². The molecule has 3 heterocycles. The predicted molar refractivity (Wildman–Crippen MR) is 96.1 cm³/mol. The fourth-order valence-corrected chi connectivity index (χ4v) is 3.24. The van der Waals surface area contributed by atoms with Crippen molar-refractivity contribution in [3.05, 3.63) is 82.8 Å². The van der Waals surface area contributed by atoms with Crippen LogP contribution in [0.1, 0.15) is 54.7 Å². The number of ether oxygens (including phenoxy) is 1. The maximum atomic E-state index is 12.8. The van der Waals surface area contributed by atoms with Crippen molar-refractivity contribution >= 4 is 17.5 Å². The van der Waals surface area contributed by atoms with Crippen LogP contribution >= 0.6 is 0 Å². The fourth-order valence-electron chi connectivity index (χ4n) is 3.24.